The van der Waals surface area contributed by atoms with Gasteiger partial charge in [-0.25, -0.2) is 0 Å². The van der Waals surface area contributed by atoms with Crippen LogP contribution in [0.4, 0.5) is 0 Å². The predicted molar refractivity (Wildman–Crippen MR) is 62.7 cm³/mol. The first-order valence-electron chi connectivity index (χ1n) is 5.35. The minimum atomic E-state index is -1.01. The predicted octanol–water partition coefficient (Wildman–Crippen LogP) is 2.57. The average Bonchev–Trinajstić information content (AvgIpc) is 2.17. The van der Waals surface area contributed by atoms with Gasteiger partial charge in [-0.3, -0.25) is 4.79 Å². The van der Waals surface area contributed by atoms with Crippen LogP contribution in [-0.4, -0.2) is 21.3 Å². The SMILES string of the molecule is Cc1cc(O)c(O)c(Cl)c1C1(C(=O)O)CCC1. The van der Waals surface area contributed by atoms with E-state index < -0.39 is 17.1 Å². The summed E-state index contributed by atoms with van der Waals surface area (Å²) in [5.74, 6) is -1.70. The lowest BCUT2D eigenvalue weighted by Gasteiger charge is -2.39. The maximum atomic E-state index is 11.4. The van der Waals surface area contributed by atoms with Crippen LogP contribution in [0.5, 0.6) is 11.5 Å². The van der Waals surface area contributed by atoms with Gasteiger partial charge in [-0.2, -0.15) is 0 Å². The first-order valence-corrected chi connectivity index (χ1v) is 5.73. The maximum Gasteiger partial charge on any atom is 0.314 e. The van der Waals surface area contributed by atoms with E-state index in [2.05, 4.69) is 0 Å². The summed E-state index contributed by atoms with van der Waals surface area (Å²) in [5, 5.41) is 28.3. The van der Waals surface area contributed by atoms with Gasteiger partial charge in [-0.05, 0) is 37.0 Å². The molecule has 0 atom stereocenters. The van der Waals surface area contributed by atoms with Gasteiger partial charge in [-0.1, -0.05) is 18.0 Å². The molecule has 3 N–H and O–H groups in total. The van der Waals surface area contributed by atoms with Crippen LogP contribution in [0.1, 0.15) is 30.4 Å². The van der Waals surface area contributed by atoms with Crippen molar-refractivity contribution >= 4 is 17.6 Å². The van der Waals surface area contributed by atoms with Crippen LogP contribution in [0.3, 0.4) is 0 Å². The zero-order valence-corrected chi connectivity index (χ0v) is 10.1. The second kappa shape index (κ2) is 3.81. The van der Waals surface area contributed by atoms with E-state index in [4.69, 9.17) is 11.6 Å². The molecule has 1 aliphatic rings. The van der Waals surface area contributed by atoms with Crippen LogP contribution in [0.25, 0.3) is 0 Å². The van der Waals surface area contributed by atoms with E-state index in [0.717, 1.165) is 6.42 Å². The normalized spacial score (nSPS) is 17.5. The number of aliphatic carboxylic acids is 1. The number of hydrogen-bond donors (Lipinski definition) is 3. The Bertz CT molecular complexity index is 492. The Kier molecular flexibility index (Phi) is 2.70. The number of carbonyl (C=O) groups is 1. The van der Waals surface area contributed by atoms with E-state index in [1.807, 2.05) is 0 Å². The van der Waals surface area contributed by atoms with Crippen LogP contribution < -0.4 is 0 Å². The molecule has 1 aromatic rings. The van der Waals surface area contributed by atoms with E-state index in [0.29, 0.717) is 24.0 Å². The highest BCUT2D eigenvalue weighted by atomic mass is 35.5. The number of phenolic OH excluding ortho intramolecular Hbond substituents is 2. The van der Waals surface area contributed by atoms with Gasteiger partial charge in [0.2, 0.25) is 0 Å². The number of rotatable bonds is 2. The maximum absolute atomic E-state index is 11.4. The first-order chi connectivity index (χ1) is 7.90. The Hall–Kier alpha value is -1.42. The minimum absolute atomic E-state index is 0.0513. The molecule has 0 unspecified atom stereocenters. The number of phenols is 2. The molecule has 0 aromatic heterocycles. The molecule has 92 valence electrons. The van der Waals surface area contributed by atoms with Gasteiger partial charge >= 0.3 is 5.97 Å². The zero-order chi connectivity index (χ0) is 12.8. The van der Waals surface area contributed by atoms with Crippen molar-refractivity contribution in [3.05, 3.63) is 22.2 Å². The van der Waals surface area contributed by atoms with E-state index in [1.54, 1.807) is 6.92 Å². The highest BCUT2D eigenvalue weighted by molar-refractivity contribution is 6.33. The van der Waals surface area contributed by atoms with Crippen LogP contribution in [-0.2, 0) is 10.2 Å². The molecule has 0 heterocycles. The van der Waals surface area contributed by atoms with Crippen molar-refractivity contribution in [2.75, 3.05) is 0 Å². The number of aromatic hydroxyl groups is 2. The van der Waals surface area contributed by atoms with Crippen LogP contribution in [0, 0.1) is 6.92 Å². The van der Waals surface area contributed by atoms with Crippen molar-refractivity contribution in [2.24, 2.45) is 0 Å². The fourth-order valence-corrected chi connectivity index (χ4v) is 2.86. The standard InChI is InChI=1S/C12H13ClO4/c1-6-5-7(14)10(15)9(13)8(6)12(11(16)17)3-2-4-12/h5,14-15H,2-4H2,1H3,(H,16,17). The van der Waals surface area contributed by atoms with E-state index in [1.165, 1.54) is 6.07 Å². The molecule has 5 heteroatoms. The Morgan fingerprint density at radius 3 is 2.41 bits per heavy atom. The zero-order valence-electron chi connectivity index (χ0n) is 9.33. The Morgan fingerprint density at radius 1 is 1.41 bits per heavy atom. The molecule has 1 fully saturated rings. The van der Waals surface area contributed by atoms with Crippen molar-refractivity contribution < 1.29 is 20.1 Å². The Morgan fingerprint density at radius 2 is 2.00 bits per heavy atom. The smallest absolute Gasteiger partial charge is 0.314 e. The molecule has 0 amide bonds. The van der Waals surface area contributed by atoms with Crippen LogP contribution in [0.15, 0.2) is 6.07 Å². The molecule has 2 rings (SSSR count). The second-order valence-electron chi connectivity index (χ2n) is 4.49. The Labute approximate surface area is 103 Å². The lowest BCUT2D eigenvalue weighted by atomic mass is 9.63. The topological polar surface area (TPSA) is 77.8 Å². The summed E-state index contributed by atoms with van der Waals surface area (Å²) in [7, 11) is 0. The second-order valence-corrected chi connectivity index (χ2v) is 4.87. The molecule has 0 aliphatic heterocycles. The first kappa shape index (κ1) is 12.0. The molecule has 0 radical (unpaired) electrons. The average molecular weight is 257 g/mol. The molecule has 0 bridgehead atoms. The van der Waals surface area contributed by atoms with Gasteiger partial charge in [0.25, 0.3) is 0 Å². The molecule has 0 spiro atoms. The van der Waals surface area contributed by atoms with Gasteiger partial charge in [0.05, 0.1) is 10.4 Å². The van der Waals surface area contributed by atoms with E-state index >= 15 is 0 Å². The third-order valence-electron chi connectivity index (χ3n) is 3.51. The number of aryl methyl sites for hydroxylation is 1. The summed E-state index contributed by atoms with van der Waals surface area (Å²) in [4.78, 5) is 11.4. The van der Waals surface area contributed by atoms with Crippen molar-refractivity contribution in [3.8, 4) is 11.5 Å². The monoisotopic (exact) mass is 256 g/mol. The Balaban J connectivity index is 2.67. The third-order valence-corrected chi connectivity index (χ3v) is 3.88. The lowest BCUT2D eigenvalue weighted by molar-refractivity contribution is -0.147. The lowest BCUT2D eigenvalue weighted by Crippen LogP contribution is -2.43. The van der Waals surface area contributed by atoms with Crippen molar-refractivity contribution in [1.29, 1.82) is 0 Å². The molecular formula is C12H13ClO4. The van der Waals surface area contributed by atoms with Crippen molar-refractivity contribution in [2.45, 2.75) is 31.6 Å². The molecule has 1 aliphatic carbocycles. The number of benzene rings is 1. The van der Waals surface area contributed by atoms with Crippen molar-refractivity contribution in [1.82, 2.24) is 0 Å². The van der Waals surface area contributed by atoms with Gasteiger partial charge in [-0.15, -0.1) is 0 Å². The summed E-state index contributed by atoms with van der Waals surface area (Å²) in [6.45, 7) is 1.68. The molecule has 1 saturated carbocycles. The van der Waals surface area contributed by atoms with Crippen LogP contribution in [0.2, 0.25) is 5.02 Å². The molecular weight excluding hydrogens is 244 g/mol. The number of hydrogen-bond acceptors (Lipinski definition) is 3. The quantitative estimate of drug-likeness (QED) is 0.711. The number of carboxylic acid groups (broad SMARTS) is 1. The highest BCUT2D eigenvalue weighted by Crippen LogP contribution is 2.51. The van der Waals surface area contributed by atoms with Crippen LogP contribution >= 0.6 is 11.6 Å². The van der Waals surface area contributed by atoms with E-state index in [-0.39, 0.29) is 10.8 Å². The summed E-state index contributed by atoms with van der Waals surface area (Å²) < 4.78 is 0. The number of halogens is 1. The third kappa shape index (κ3) is 1.55. The van der Waals surface area contributed by atoms with Crippen molar-refractivity contribution in [3.63, 3.8) is 0 Å². The van der Waals surface area contributed by atoms with Gasteiger partial charge in [0.15, 0.2) is 11.5 Å². The van der Waals surface area contributed by atoms with Gasteiger partial charge in [0.1, 0.15) is 0 Å². The summed E-state index contributed by atoms with van der Waals surface area (Å²) in [6, 6.07) is 1.35. The fraction of sp³-hybridized carbons (Fsp3) is 0.417. The molecule has 4 nitrogen and oxygen atoms in total. The van der Waals surface area contributed by atoms with Gasteiger partial charge in [0, 0.05) is 0 Å². The van der Waals surface area contributed by atoms with Gasteiger partial charge < -0.3 is 15.3 Å². The van der Waals surface area contributed by atoms with E-state index in [9.17, 15) is 20.1 Å². The summed E-state index contributed by atoms with van der Waals surface area (Å²) >= 11 is 5.97. The minimum Gasteiger partial charge on any atom is -0.504 e. The molecule has 1 aromatic carbocycles. The molecule has 17 heavy (non-hydrogen) atoms. The summed E-state index contributed by atoms with van der Waals surface area (Å²) in [5.41, 5.74) is 0.00687. The summed E-state index contributed by atoms with van der Waals surface area (Å²) in [6.07, 6.45) is 1.84. The fourth-order valence-electron chi connectivity index (χ4n) is 2.44. The molecule has 0 saturated heterocycles. The number of carboxylic acids is 1. The largest absolute Gasteiger partial charge is 0.504 e. The highest BCUT2D eigenvalue weighted by Gasteiger charge is 2.48.